The number of thiazole rings is 1. The lowest BCUT2D eigenvalue weighted by Gasteiger charge is -2.28. The molecule has 1 heterocycles. The summed E-state index contributed by atoms with van der Waals surface area (Å²) in [5.41, 5.74) is -1.02. The van der Waals surface area contributed by atoms with Gasteiger partial charge in [0.15, 0.2) is 0 Å². The molecule has 0 saturated heterocycles. The molecule has 106 valence electrons. The van der Waals surface area contributed by atoms with Crippen LogP contribution >= 0.6 is 11.3 Å². The fourth-order valence-corrected chi connectivity index (χ4v) is 2.23. The molecule has 19 heavy (non-hydrogen) atoms. The van der Waals surface area contributed by atoms with Crippen LogP contribution in [0, 0.1) is 11.3 Å². The largest absolute Gasteiger partial charge is 0.481 e. The van der Waals surface area contributed by atoms with E-state index in [-0.39, 0.29) is 18.2 Å². The normalized spacial score (nSPS) is 14.1. The molecule has 0 radical (unpaired) electrons. The summed E-state index contributed by atoms with van der Waals surface area (Å²) in [6.45, 7) is 5.73. The lowest BCUT2D eigenvalue weighted by Crippen LogP contribution is -2.39. The quantitative estimate of drug-likeness (QED) is 0.802. The van der Waals surface area contributed by atoms with Crippen LogP contribution < -0.4 is 5.32 Å². The zero-order valence-electron chi connectivity index (χ0n) is 11.5. The highest BCUT2D eigenvalue weighted by atomic mass is 32.1. The van der Waals surface area contributed by atoms with Crippen molar-refractivity contribution in [3.05, 3.63) is 16.6 Å². The standard InChI is InChI=1S/C13H20N2O3S/c1-9(2)13(3,12(17)18)8-10(16)14-5-4-11-15-6-7-19-11/h6-7,9H,4-5,8H2,1-3H3,(H,14,16)(H,17,18). The average molecular weight is 284 g/mol. The highest BCUT2D eigenvalue weighted by Crippen LogP contribution is 2.31. The first-order valence-electron chi connectivity index (χ1n) is 6.24. The van der Waals surface area contributed by atoms with Crippen LogP contribution in [0.2, 0.25) is 0 Å². The van der Waals surface area contributed by atoms with Gasteiger partial charge in [-0.05, 0) is 12.8 Å². The number of carboxylic acid groups (broad SMARTS) is 1. The Morgan fingerprint density at radius 2 is 2.21 bits per heavy atom. The Morgan fingerprint density at radius 1 is 1.53 bits per heavy atom. The number of carbonyl (C=O) groups is 2. The molecule has 1 atom stereocenters. The van der Waals surface area contributed by atoms with Gasteiger partial charge in [-0.1, -0.05) is 13.8 Å². The first-order chi connectivity index (χ1) is 8.86. The van der Waals surface area contributed by atoms with Gasteiger partial charge < -0.3 is 10.4 Å². The second-order valence-corrected chi connectivity index (χ2v) is 6.06. The average Bonchev–Trinajstić information content (AvgIpc) is 2.81. The van der Waals surface area contributed by atoms with E-state index >= 15 is 0 Å². The van der Waals surface area contributed by atoms with E-state index in [4.69, 9.17) is 0 Å². The van der Waals surface area contributed by atoms with E-state index < -0.39 is 11.4 Å². The highest BCUT2D eigenvalue weighted by Gasteiger charge is 2.38. The molecule has 1 amide bonds. The van der Waals surface area contributed by atoms with Gasteiger partial charge in [-0.25, -0.2) is 4.98 Å². The number of aromatic nitrogens is 1. The summed E-state index contributed by atoms with van der Waals surface area (Å²) in [7, 11) is 0. The van der Waals surface area contributed by atoms with E-state index in [1.807, 2.05) is 19.2 Å². The number of nitrogens with zero attached hydrogens (tertiary/aromatic N) is 1. The molecule has 0 aliphatic carbocycles. The summed E-state index contributed by atoms with van der Waals surface area (Å²) in [4.78, 5) is 27.2. The van der Waals surface area contributed by atoms with E-state index in [1.54, 1.807) is 24.5 Å². The Labute approximate surface area is 117 Å². The molecular weight excluding hydrogens is 264 g/mol. The maximum Gasteiger partial charge on any atom is 0.310 e. The van der Waals surface area contributed by atoms with Gasteiger partial charge in [0.2, 0.25) is 5.91 Å². The fourth-order valence-electron chi connectivity index (χ4n) is 1.61. The van der Waals surface area contributed by atoms with Crippen LogP contribution in [0.25, 0.3) is 0 Å². The van der Waals surface area contributed by atoms with Gasteiger partial charge in [0.05, 0.1) is 10.4 Å². The minimum absolute atomic E-state index is 0.00211. The van der Waals surface area contributed by atoms with Crippen LogP contribution in [-0.2, 0) is 16.0 Å². The molecule has 1 aromatic rings. The Bertz CT molecular complexity index is 431. The summed E-state index contributed by atoms with van der Waals surface area (Å²) in [6, 6.07) is 0. The van der Waals surface area contributed by atoms with Crippen molar-refractivity contribution < 1.29 is 14.7 Å². The van der Waals surface area contributed by atoms with E-state index in [1.165, 1.54) is 0 Å². The van der Waals surface area contributed by atoms with Gasteiger partial charge >= 0.3 is 5.97 Å². The minimum Gasteiger partial charge on any atom is -0.481 e. The van der Waals surface area contributed by atoms with Crippen LogP contribution in [0.4, 0.5) is 0 Å². The maximum atomic E-state index is 11.8. The second-order valence-electron chi connectivity index (χ2n) is 5.08. The number of carboxylic acids is 1. The molecule has 1 unspecified atom stereocenters. The summed E-state index contributed by atoms with van der Waals surface area (Å²) < 4.78 is 0. The third-order valence-electron chi connectivity index (χ3n) is 3.44. The van der Waals surface area contributed by atoms with Crippen molar-refractivity contribution in [3.8, 4) is 0 Å². The Kier molecular flexibility index (Phi) is 5.47. The van der Waals surface area contributed by atoms with Crippen molar-refractivity contribution in [1.29, 1.82) is 0 Å². The summed E-state index contributed by atoms with van der Waals surface area (Å²) >= 11 is 1.54. The van der Waals surface area contributed by atoms with Gasteiger partial charge in [-0.3, -0.25) is 9.59 Å². The first-order valence-corrected chi connectivity index (χ1v) is 7.12. The lowest BCUT2D eigenvalue weighted by atomic mass is 9.76. The molecule has 0 fully saturated rings. The van der Waals surface area contributed by atoms with Crippen molar-refractivity contribution in [3.63, 3.8) is 0 Å². The monoisotopic (exact) mass is 284 g/mol. The number of hydrogen-bond donors (Lipinski definition) is 2. The van der Waals surface area contributed by atoms with Crippen molar-refractivity contribution >= 4 is 23.2 Å². The zero-order chi connectivity index (χ0) is 14.5. The van der Waals surface area contributed by atoms with Crippen molar-refractivity contribution in [2.45, 2.75) is 33.6 Å². The number of nitrogens with one attached hydrogen (secondary N) is 1. The molecular formula is C13H20N2O3S. The van der Waals surface area contributed by atoms with E-state index in [2.05, 4.69) is 10.3 Å². The van der Waals surface area contributed by atoms with Crippen molar-refractivity contribution in [2.24, 2.45) is 11.3 Å². The molecule has 0 bridgehead atoms. The number of rotatable bonds is 7. The summed E-state index contributed by atoms with van der Waals surface area (Å²) in [5, 5.41) is 14.8. The smallest absolute Gasteiger partial charge is 0.310 e. The zero-order valence-corrected chi connectivity index (χ0v) is 12.3. The van der Waals surface area contributed by atoms with Crippen LogP contribution in [0.15, 0.2) is 11.6 Å². The van der Waals surface area contributed by atoms with Gasteiger partial charge in [0.1, 0.15) is 0 Å². The van der Waals surface area contributed by atoms with Gasteiger partial charge in [0, 0.05) is 31.0 Å². The summed E-state index contributed by atoms with van der Waals surface area (Å²) in [6.07, 6.45) is 2.40. The molecule has 0 aliphatic heterocycles. The molecule has 6 heteroatoms. The van der Waals surface area contributed by atoms with Crippen LogP contribution in [0.3, 0.4) is 0 Å². The van der Waals surface area contributed by atoms with Crippen LogP contribution in [-0.4, -0.2) is 28.5 Å². The molecule has 2 N–H and O–H groups in total. The van der Waals surface area contributed by atoms with Crippen molar-refractivity contribution in [2.75, 3.05) is 6.54 Å². The molecule has 0 aliphatic rings. The van der Waals surface area contributed by atoms with Crippen LogP contribution in [0.1, 0.15) is 32.2 Å². The van der Waals surface area contributed by atoms with Crippen molar-refractivity contribution in [1.82, 2.24) is 10.3 Å². The number of amides is 1. The molecule has 1 aromatic heterocycles. The van der Waals surface area contributed by atoms with Gasteiger partial charge in [-0.15, -0.1) is 11.3 Å². The van der Waals surface area contributed by atoms with Gasteiger partial charge in [0.25, 0.3) is 0 Å². The molecule has 5 nitrogen and oxygen atoms in total. The number of carbonyl (C=O) groups excluding carboxylic acids is 1. The topological polar surface area (TPSA) is 79.3 Å². The van der Waals surface area contributed by atoms with E-state index in [0.717, 1.165) is 5.01 Å². The van der Waals surface area contributed by atoms with E-state index in [0.29, 0.717) is 13.0 Å². The molecule has 0 aromatic carbocycles. The SMILES string of the molecule is CC(C)C(C)(CC(=O)NCCc1nccs1)C(=O)O. The number of aliphatic carboxylic acids is 1. The Morgan fingerprint density at radius 3 is 2.68 bits per heavy atom. The molecule has 0 spiro atoms. The predicted molar refractivity (Wildman–Crippen MR) is 74.0 cm³/mol. The fraction of sp³-hybridized carbons (Fsp3) is 0.615. The second kappa shape index (κ2) is 6.65. The summed E-state index contributed by atoms with van der Waals surface area (Å²) in [5.74, 6) is -1.26. The minimum atomic E-state index is -1.02. The molecule has 1 rings (SSSR count). The number of hydrogen-bond acceptors (Lipinski definition) is 4. The Hall–Kier alpha value is -1.43. The highest BCUT2D eigenvalue weighted by molar-refractivity contribution is 7.09. The first kappa shape index (κ1) is 15.6. The third kappa shape index (κ3) is 4.31. The predicted octanol–water partition coefficient (Wildman–Crippen LogP) is 1.94. The molecule has 0 saturated carbocycles. The van der Waals surface area contributed by atoms with Gasteiger partial charge in [-0.2, -0.15) is 0 Å². The maximum absolute atomic E-state index is 11.8. The Balaban J connectivity index is 2.43. The lowest BCUT2D eigenvalue weighted by molar-refractivity contribution is -0.153. The van der Waals surface area contributed by atoms with Crippen LogP contribution in [0.5, 0.6) is 0 Å². The third-order valence-corrected chi connectivity index (χ3v) is 4.27. The van der Waals surface area contributed by atoms with E-state index in [9.17, 15) is 14.7 Å².